The van der Waals surface area contributed by atoms with Crippen LogP contribution in [0.1, 0.15) is 42.5 Å². The summed E-state index contributed by atoms with van der Waals surface area (Å²) in [7, 11) is 0. The first-order chi connectivity index (χ1) is 11.3. The Hall–Kier alpha value is -1.17. The lowest BCUT2D eigenvalue weighted by Gasteiger charge is -2.31. The van der Waals surface area contributed by atoms with E-state index in [0.717, 1.165) is 45.3 Å². The maximum atomic E-state index is 6.01. The molecule has 2 aromatic rings. The van der Waals surface area contributed by atoms with Crippen LogP contribution in [0.25, 0.3) is 0 Å². The minimum absolute atomic E-state index is 0.406. The van der Waals surface area contributed by atoms with Gasteiger partial charge in [-0.25, -0.2) is 0 Å². The van der Waals surface area contributed by atoms with Crippen molar-refractivity contribution >= 4 is 11.3 Å². The van der Waals surface area contributed by atoms with E-state index in [1.807, 2.05) is 0 Å². The number of fused-ring (bicyclic) bond motifs is 1. The van der Waals surface area contributed by atoms with E-state index in [2.05, 4.69) is 39.5 Å². The Morgan fingerprint density at radius 2 is 2.26 bits per heavy atom. The summed E-state index contributed by atoms with van der Waals surface area (Å²) >= 11 is 1.78. The van der Waals surface area contributed by atoms with Gasteiger partial charge in [-0.05, 0) is 48.1 Å². The number of ether oxygens (including phenoxy) is 1. The molecule has 1 aliphatic carbocycles. The zero-order valence-corrected chi connectivity index (χ0v) is 14.6. The molecule has 0 radical (unpaired) electrons. The van der Waals surface area contributed by atoms with Crippen molar-refractivity contribution in [2.45, 2.75) is 45.3 Å². The van der Waals surface area contributed by atoms with Gasteiger partial charge in [0.05, 0.1) is 12.3 Å². The lowest BCUT2D eigenvalue weighted by Crippen LogP contribution is -2.34. The van der Waals surface area contributed by atoms with E-state index in [0.29, 0.717) is 5.92 Å². The fourth-order valence-corrected chi connectivity index (χ4v) is 4.02. The molecular formula is C18H25N3OS. The monoisotopic (exact) mass is 331 g/mol. The summed E-state index contributed by atoms with van der Waals surface area (Å²) in [6, 6.07) is 2.23. The lowest BCUT2D eigenvalue weighted by molar-refractivity contribution is 0.0881. The molecule has 4 rings (SSSR count). The number of hydrogen-bond donors (Lipinski definition) is 0. The van der Waals surface area contributed by atoms with Crippen LogP contribution in [0.2, 0.25) is 0 Å². The first-order valence-electron chi connectivity index (χ1n) is 8.69. The third-order valence-electron chi connectivity index (χ3n) is 4.81. The van der Waals surface area contributed by atoms with Crippen LogP contribution < -0.4 is 0 Å². The van der Waals surface area contributed by atoms with Crippen molar-refractivity contribution in [3.05, 3.63) is 39.8 Å². The fourth-order valence-electron chi connectivity index (χ4n) is 3.36. The Kier molecular flexibility index (Phi) is 4.51. The number of nitrogens with zero attached hydrogens (tertiary/aromatic N) is 3. The molecule has 2 aromatic heterocycles. The van der Waals surface area contributed by atoms with Gasteiger partial charge in [0.15, 0.2) is 0 Å². The van der Waals surface area contributed by atoms with Gasteiger partial charge in [0.25, 0.3) is 0 Å². The van der Waals surface area contributed by atoms with E-state index < -0.39 is 0 Å². The molecule has 23 heavy (non-hydrogen) atoms. The molecule has 0 bridgehead atoms. The second-order valence-corrected chi connectivity index (χ2v) is 7.65. The summed E-state index contributed by atoms with van der Waals surface area (Å²) in [6.45, 7) is 7.92. The Balaban J connectivity index is 1.46. The third kappa shape index (κ3) is 3.67. The van der Waals surface area contributed by atoms with E-state index >= 15 is 0 Å². The second kappa shape index (κ2) is 6.75. The summed E-state index contributed by atoms with van der Waals surface area (Å²) in [4.78, 5) is 2.54. The van der Waals surface area contributed by atoms with Gasteiger partial charge >= 0.3 is 0 Å². The maximum absolute atomic E-state index is 6.01. The molecule has 1 saturated carbocycles. The fraction of sp³-hybridized carbons (Fsp3) is 0.611. The first kappa shape index (κ1) is 15.4. The molecule has 4 nitrogen and oxygen atoms in total. The van der Waals surface area contributed by atoms with Crippen LogP contribution in [0, 0.1) is 5.92 Å². The van der Waals surface area contributed by atoms with Crippen LogP contribution in [0.5, 0.6) is 0 Å². The van der Waals surface area contributed by atoms with Crippen molar-refractivity contribution in [2.75, 3.05) is 19.8 Å². The largest absolute Gasteiger partial charge is 0.380 e. The van der Waals surface area contributed by atoms with Gasteiger partial charge in [0, 0.05) is 50.5 Å². The summed E-state index contributed by atoms with van der Waals surface area (Å²) in [6.07, 6.45) is 4.93. The van der Waals surface area contributed by atoms with Gasteiger partial charge in [-0.2, -0.15) is 16.4 Å². The predicted molar refractivity (Wildman–Crippen MR) is 92.6 cm³/mol. The molecule has 1 aliphatic heterocycles. The molecule has 0 unspecified atom stereocenters. The summed E-state index contributed by atoms with van der Waals surface area (Å²) in [5.41, 5.74) is 4.07. The Bertz CT molecular complexity index is 633. The SMILES string of the molecule is CCn1cc2c(n1)[C@H](COCC1CC1)CN(Cc1ccsc1)C2. The highest BCUT2D eigenvalue weighted by molar-refractivity contribution is 7.07. The first-order valence-corrected chi connectivity index (χ1v) is 9.63. The lowest BCUT2D eigenvalue weighted by atomic mass is 9.97. The predicted octanol–water partition coefficient (Wildman–Crippen LogP) is 3.49. The number of hydrogen-bond acceptors (Lipinski definition) is 4. The number of aromatic nitrogens is 2. The van der Waals surface area contributed by atoms with E-state index in [9.17, 15) is 0 Å². The van der Waals surface area contributed by atoms with Crippen LogP contribution in [0.3, 0.4) is 0 Å². The Morgan fingerprint density at radius 1 is 1.35 bits per heavy atom. The third-order valence-corrected chi connectivity index (χ3v) is 5.54. The van der Waals surface area contributed by atoms with E-state index in [4.69, 9.17) is 9.84 Å². The van der Waals surface area contributed by atoms with Crippen LogP contribution >= 0.6 is 11.3 Å². The molecule has 0 amide bonds. The minimum atomic E-state index is 0.406. The van der Waals surface area contributed by atoms with Crippen molar-refractivity contribution in [3.63, 3.8) is 0 Å². The summed E-state index contributed by atoms with van der Waals surface area (Å²) < 4.78 is 8.08. The standard InChI is InChI=1S/C18H25N3OS/c1-2-21-10-16-8-20(7-15-5-6-23-13-15)9-17(18(16)19-21)12-22-11-14-3-4-14/h5-6,10,13-14,17H,2-4,7-9,11-12H2,1H3/t17-/m0/s1. The maximum Gasteiger partial charge on any atom is 0.0736 e. The van der Waals surface area contributed by atoms with Gasteiger partial charge in [0.1, 0.15) is 0 Å². The molecule has 0 saturated heterocycles. The minimum Gasteiger partial charge on any atom is -0.380 e. The quantitative estimate of drug-likeness (QED) is 0.778. The van der Waals surface area contributed by atoms with Crippen LogP contribution in [-0.2, 0) is 24.4 Å². The molecule has 0 spiro atoms. The number of aryl methyl sites for hydroxylation is 1. The van der Waals surface area contributed by atoms with Crippen LogP contribution in [0.15, 0.2) is 23.0 Å². The molecule has 1 atom stereocenters. The highest BCUT2D eigenvalue weighted by atomic mass is 32.1. The molecular weight excluding hydrogens is 306 g/mol. The molecule has 5 heteroatoms. The van der Waals surface area contributed by atoms with Crippen molar-refractivity contribution in [1.29, 1.82) is 0 Å². The Labute approximate surface area is 142 Å². The highest BCUT2D eigenvalue weighted by Gasteiger charge is 2.29. The number of thiophene rings is 1. The van der Waals surface area contributed by atoms with Crippen molar-refractivity contribution in [2.24, 2.45) is 5.92 Å². The second-order valence-electron chi connectivity index (χ2n) is 6.87. The van der Waals surface area contributed by atoms with E-state index in [1.165, 1.54) is 29.7 Å². The molecule has 3 heterocycles. The number of rotatable bonds is 7. The summed E-state index contributed by atoms with van der Waals surface area (Å²) in [5, 5.41) is 9.22. The highest BCUT2D eigenvalue weighted by Crippen LogP contribution is 2.31. The van der Waals surface area contributed by atoms with Gasteiger partial charge in [-0.3, -0.25) is 9.58 Å². The topological polar surface area (TPSA) is 30.3 Å². The van der Waals surface area contributed by atoms with Crippen molar-refractivity contribution in [3.8, 4) is 0 Å². The van der Waals surface area contributed by atoms with Crippen LogP contribution in [-0.4, -0.2) is 34.4 Å². The zero-order chi connectivity index (χ0) is 15.6. The van der Waals surface area contributed by atoms with Gasteiger partial charge in [-0.1, -0.05) is 0 Å². The van der Waals surface area contributed by atoms with Gasteiger partial charge < -0.3 is 4.74 Å². The van der Waals surface area contributed by atoms with Gasteiger partial charge in [-0.15, -0.1) is 0 Å². The smallest absolute Gasteiger partial charge is 0.0736 e. The van der Waals surface area contributed by atoms with Crippen molar-refractivity contribution < 1.29 is 4.74 Å². The zero-order valence-electron chi connectivity index (χ0n) is 13.8. The average Bonchev–Trinajstić information content (AvgIpc) is 3.06. The van der Waals surface area contributed by atoms with E-state index in [1.54, 1.807) is 11.3 Å². The molecule has 1 fully saturated rings. The average molecular weight is 331 g/mol. The molecule has 124 valence electrons. The summed E-state index contributed by atoms with van der Waals surface area (Å²) in [5.74, 6) is 1.23. The normalized spacial score (nSPS) is 21.5. The molecule has 0 N–H and O–H groups in total. The molecule has 2 aliphatic rings. The van der Waals surface area contributed by atoms with Crippen molar-refractivity contribution in [1.82, 2.24) is 14.7 Å². The molecule has 0 aromatic carbocycles. The van der Waals surface area contributed by atoms with Crippen LogP contribution in [0.4, 0.5) is 0 Å². The van der Waals surface area contributed by atoms with Gasteiger partial charge in [0.2, 0.25) is 0 Å². The van der Waals surface area contributed by atoms with E-state index in [-0.39, 0.29) is 0 Å². The Morgan fingerprint density at radius 3 is 3.00 bits per heavy atom.